The van der Waals surface area contributed by atoms with Crippen molar-refractivity contribution >= 4 is 29.6 Å². The molecule has 1 fully saturated rings. The maximum absolute atomic E-state index is 14.4. The molecule has 1 heterocycles. The molecule has 14 nitrogen and oxygen atoms in total. The third-order valence-electron chi connectivity index (χ3n) is 11.8. The van der Waals surface area contributed by atoms with E-state index < -0.39 is 54.4 Å². The van der Waals surface area contributed by atoms with Crippen molar-refractivity contribution < 1.29 is 43.7 Å². The van der Waals surface area contributed by atoms with Crippen LogP contribution in [0, 0.1) is 23.7 Å². The molecule has 1 unspecified atom stereocenters. The molecule has 0 saturated carbocycles. The van der Waals surface area contributed by atoms with Gasteiger partial charge in [-0.05, 0) is 63.1 Å². The number of ether oxygens (including phenoxy) is 2. The van der Waals surface area contributed by atoms with Crippen molar-refractivity contribution in [2.45, 2.75) is 142 Å². The number of nitrogens with zero attached hydrogens (tertiary/aromatic N) is 3. The van der Waals surface area contributed by atoms with Gasteiger partial charge in [-0.3, -0.25) is 28.9 Å². The number of carbonyl (C=O) groups is 5. The Morgan fingerprint density at radius 1 is 0.912 bits per heavy atom. The average Bonchev–Trinajstić information content (AvgIpc) is 3.65. The average molecular weight is 804 g/mol. The van der Waals surface area contributed by atoms with Gasteiger partial charge in [-0.15, -0.1) is 0 Å². The molecule has 0 radical (unpaired) electrons. The Balaban J connectivity index is 2.25. The summed E-state index contributed by atoms with van der Waals surface area (Å²) in [6.07, 6.45) is 0.305. The number of aliphatic hydroxyl groups excluding tert-OH is 1. The third-order valence-corrected chi connectivity index (χ3v) is 11.8. The highest BCUT2D eigenvalue weighted by Gasteiger charge is 2.43. The van der Waals surface area contributed by atoms with Gasteiger partial charge in [0.2, 0.25) is 23.6 Å². The first-order valence-corrected chi connectivity index (χ1v) is 20.7. The van der Waals surface area contributed by atoms with Gasteiger partial charge >= 0.3 is 5.97 Å². The molecule has 4 amide bonds. The summed E-state index contributed by atoms with van der Waals surface area (Å²) in [7, 11) is 6.57. The van der Waals surface area contributed by atoms with E-state index in [-0.39, 0.29) is 60.3 Å². The van der Waals surface area contributed by atoms with Gasteiger partial charge in [-0.1, -0.05) is 85.2 Å². The van der Waals surface area contributed by atoms with Gasteiger partial charge in [0.15, 0.2) is 0 Å². The predicted octanol–water partition coefficient (Wildman–Crippen LogP) is 4.11. The van der Waals surface area contributed by atoms with Gasteiger partial charge in [0.1, 0.15) is 6.04 Å². The first kappa shape index (κ1) is 49.6. The molecular weight excluding hydrogens is 730 g/mol. The summed E-state index contributed by atoms with van der Waals surface area (Å²) in [5.74, 6) is -2.99. The van der Waals surface area contributed by atoms with Gasteiger partial charge in [0, 0.05) is 34.2 Å². The lowest BCUT2D eigenvalue weighted by Gasteiger charge is -2.41. The summed E-state index contributed by atoms with van der Waals surface area (Å²) in [6, 6.07) is 6.28. The van der Waals surface area contributed by atoms with E-state index in [0.717, 1.165) is 6.42 Å². The Morgan fingerprint density at radius 3 is 2.07 bits per heavy atom. The maximum atomic E-state index is 14.4. The monoisotopic (exact) mass is 804 g/mol. The molecule has 14 heteroatoms. The first-order valence-electron chi connectivity index (χ1n) is 20.7. The zero-order chi connectivity index (χ0) is 43.1. The minimum atomic E-state index is -0.894. The number of likely N-dealkylation sites (tertiary alicyclic amines) is 1. The molecule has 0 aliphatic carbocycles. The largest absolute Gasteiger partial charge is 0.481 e. The highest BCUT2D eigenvalue weighted by Crippen LogP contribution is 2.30. The van der Waals surface area contributed by atoms with E-state index in [1.807, 2.05) is 76.8 Å². The van der Waals surface area contributed by atoms with E-state index in [1.165, 1.54) is 7.11 Å². The standard InChI is InChI=1S/C43H73N5O9/c1-13-28(6)38(47(10)43(55)36(26(2)3)45-42(54)37(27(4)5)46(9)23-18-22-35(50)51)33(56-11)25-34(49)48-24-17-21-32(48)40(57-12)29(7)41(53)44-30(8)39(52)31-19-15-14-16-20-31/h14-16,19-20,26-30,32-33,36-40,52H,13,17-18,21-25H2,1-12H3,(H,44,53)(H,45,54)(H,50,51)/t28-,29+,30+,32-,33+,36-,37-,38?,39+,40+/m0/s1. The van der Waals surface area contributed by atoms with Gasteiger partial charge in [0.25, 0.3) is 0 Å². The van der Waals surface area contributed by atoms with E-state index in [2.05, 4.69) is 10.6 Å². The van der Waals surface area contributed by atoms with Crippen molar-refractivity contribution in [1.29, 1.82) is 0 Å². The summed E-state index contributed by atoms with van der Waals surface area (Å²) in [5.41, 5.74) is 0.698. The minimum Gasteiger partial charge on any atom is -0.481 e. The van der Waals surface area contributed by atoms with E-state index in [4.69, 9.17) is 14.6 Å². The van der Waals surface area contributed by atoms with Gasteiger partial charge < -0.3 is 40.1 Å². The van der Waals surface area contributed by atoms with E-state index in [1.54, 1.807) is 44.9 Å². The molecular formula is C43H73N5O9. The second-order valence-corrected chi connectivity index (χ2v) is 16.6. The van der Waals surface area contributed by atoms with Crippen LogP contribution in [-0.2, 0) is 33.4 Å². The van der Waals surface area contributed by atoms with Crippen LogP contribution in [0.4, 0.5) is 0 Å². The van der Waals surface area contributed by atoms with Crippen LogP contribution in [-0.4, -0.2) is 138 Å². The normalized spacial score (nSPS) is 19.3. The van der Waals surface area contributed by atoms with Crippen molar-refractivity contribution in [2.75, 3.05) is 41.4 Å². The molecule has 1 aliphatic heterocycles. The molecule has 4 N–H and O–H groups in total. The number of aliphatic hydroxyl groups is 1. The van der Waals surface area contributed by atoms with Crippen LogP contribution in [0.1, 0.15) is 106 Å². The van der Waals surface area contributed by atoms with Crippen molar-refractivity contribution in [3.05, 3.63) is 35.9 Å². The topological polar surface area (TPSA) is 178 Å². The SMILES string of the molecule is CC[C@H](C)C([C@@H](CC(=O)N1CCC[C@H]1[C@H](OC)[C@@H](C)C(=O)N[C@H](C)[C@@H](O)c1ccccc1)OC)N(C)C(=O)[C@@H](NC(=O)[C@H](C(C)C)N(C)CCCC(=O)O)C(C)C. The summed E-state index contributed by atoms with van der Waals surface area (Å²) >= 11 is 0. The van der Waals surface area contributed by atoms with E-state index >= 15 is 0 Å². The molecule has 1 aromatic rings. The third kappa shape index (κ3) is 13.8. The Morgan fingerprint density at radius 2 is 1.54 bits per heavy atom. The number of carboxylic acids is 1. The van der Waals surface area contributed by atoms with Crippen LogP contribution in [0.15, 0.2) is 30.3 Å². The molecule has 324 valence electrons. The smallest absolute Gasteiger partial charge is 0.303 e. The van der Waals surface area contributed by atoms with Crippen LogP contribution < -0.4 is 10.6 Å². The summed E-state index contributed by atoms with van der Waals surface area (Å²) < 4.78 is 11.9. The number of methoxy groups -OCH3 is 2. The van der Waals surface area contributed by atoms with Crippen LogP contribution >= 0.6 is 0 Å². The quantitative estimate of drug-likeness (QED) is 0.119. The number of hydrogen-bond acceptors (Lipinski definition) is 9. The summed E-state index contributed by atoms with van der Waals surface area (Å²) in [6.45, 7) is 16.1. The lowest BCUT2D eigenvalue weighted by molar-refractivity contribution is -0.148. The number of aliphatic carboxylic acids is 1. The van der Waals surface area contributed by atoms with Crippen molar-refractivity contribution in [3.63, 3.8) is 0 Å². The number of amides is 4. The van der Waals surface area contributed by atoms with Crippen molar-refractivity contribution in [2.24, 2.45) is 23.7 Å². The Bertz CT molecular complexity index is 1430. The Labute approximate surface area is 341 Å². The molecule has 1 aliphatic rings. The molecule has 2 rings (SSSR count). The number of carbonyl (C=O) groups excluding carboxylic acids is 4. The molecule has 1 saturated heterocycles. The first-order chi connectivity index (χ1) is 26.8. The highest BCUT2D eigenvalue weighted by molar-refractivity contribution is 5.90. The number of nitrogens with one attached hydrogen (secondary N) is 2. The van der Waals surface area contributed by atoms with Crippen LogP contribution in [0.5, 0.6) is 0 Å². The minimum absolute atomic E-state index is 0.00279. The van der Waals surface area contributed by atoms with Crippen molar-refractivity contribution in [3.8, 4) is 0 Å². The lowest BCUT2D eigenvalue weighted by atomic mass is 9.89. The fourth-order valence-corrected chi connectivity index (χ4v) is 8.28. The number of likely N-dealkylation sites (N-methyl/N-ethyl adjacent to an activating group) is 2. The van der Waals surface area contributed by atoms with Gasteiger partial charge in [-0.2, -0.15) is 0 Å². The molecule has 0 bridgehead atoms. The maximum Gasteiger partial charge on any atom is 0.303 e. The Kier molecular flexibility index (Phi) is 20.6. The molecule has 57 heavy (non-hydrogen) atoms. The summed E-state index contributed by atoms with van der Waals surface area (Å²) in [5, 5.41) is 25.9. The number of carboxylic acid groups (broad SMARTS) is 1. The number of rotatable bonds is 24. The Hall–Kier alpha value is -3.59. The second kappa shape index (κ2) is 23.7. The van der Waals surface area contributed by atoms with E-state index in [9.17, 15) is 29.1 Å². The zero-order valence-electron chi connectivity index (χ0n) is 36.6. The van der Waals surface area contributed by atoms with Crippen molar-refractivity contribution in [1.82, 2.24) is 25.3 Å². The van der Waals surface area contributed by atoms with Gasteiger partial charge in [0.05, 0.1) is 54.8 Å². The zero-order valence-corrected chi connectivity index (χ0v) is 36.6. The summed E-state index contributed by atoms with van der Waals surface area (Å²) in [4.78, 5) is 72.2. The fraction of sp³-hybridized carbons (Fsp3) is 0.744. The predicted molar refractivity (Wildman–Crippen MR) is 220 cm³/mol. The second-order valence-electron chi connectivity index (χ2n) is 16.6. The highest BCUT2D eigenvalue weighted by atomic mass is 16.5. The number of hydrogen-bond donors (Lipinski definition) is 4. The molecule has 1 aromatic carbocycles. The lowest BCUT2D eigenvalue weighted by Crippen LogP contribution is -2.60. The van der Waals surface area contributed by atoms with Crippen LogP contribution in [0.25, 0.3) is 0 Å². The molecule has 10 atom stereocenters. The number of benzene rings is 1. The van der Waals surface area contributed by atoms with Crippen LogP contribution in [0.2, 0.25) is 0 Å². The van der Waals surface area contributed by atoms with E-state index in [0.29, 0.717) is 37.9 Å². The van der Waals surface area contributed by atoms with Crippen LogP contribution in [0.3, 0.4) is 0 Å². The fourth-order valence-electron chi connectivity index (χ4n) is 8.28. The molecule has 0 spiro atoms. The van der Waals surface area contributed by atoms with Gasteiger partial charge in [-0.25, -0.2) is 0 Å². The molecule has 0 aromatic heterocycles.